The second-order valence-electron chi connectivity index (χ2n) is 29.9. The number of aromatic nitrogens is 19. The summed E-state index contributed by atoms with van der Waals surface area (Å²) < 4.78 is 45.0. The van der Waals surface area contributed by atoms with Crippen LogP contribution < -0.4 is 13.9 Å². The number of ether oxygens (including phenoxy) is 2. The maximum atomic E-state index is 6.37. The van der Waals surface area contributed by atoms with Gasteiger partial charge in [0.15, 0.2) is 35.4 Å². The Labute approximate surface area is 650 Å². The summed E-state index contributed by atoms with van der Waals surface area (Å²) in [6.45, 7) is 45.0. The van der Waals surface area contributed by atoms with Gasteiger partial charge in [0, 0.05) is 30.2 Å². The van der Waals surface area contributed by atoms with Crippen LogP contribution in [-0.4, -0.2) is 115 Å². The number of imidazole rings is 2. The summed E-state index contributed by atoms with van der Waals surface area (Å²) in [4.78, 5) is 34.0. The van der Waals surface area contributed by atoms with E-state index in [4.69, 9.17) is 27.3 Å². The third kappa shape index (κ3) is 18.6. The first-order valence-electron chi connectivity index (χ1n) is 38.2. The van der Waals surface area contributed by atoms with E-state index in [1.165, 1.54) is 51.7 Å². The fraction of sp³-hybridized carbons (Fsp3) is 0.376. The second kappa shape index (κ2) is 35.3. The molecule has 0 fully saturated rings. The van der Waals surface area contributed by atoms with Crippen molar-refractivity contribution in [1.82, 2.24) is 93.3 Å². The van der Waals surface area contributed by atoms with Crippen molar-refractivity contribution in [1.29, 1.82) is 0 Å². The molecule has 0 amide bonds. The average molecular weight is 1520 g/mol. The van der Waals surface area contributed by atoms with Gasteiger partial charge in [-0.1, -0.05) is 138 Å². The molecule has 1 aliphatic rings. The van der Waals surface area contributed by atoms with Gasteiger partial charge in [0.1, 0.15) is 93.8 Å². The van der Waals surface area contributed by atoms with Crippen molar-refractivity contribution >= 4 is 41.5 Å². The zero-order valence-corrected chi connectivity index (χ0v) is 69.2. The molecule has 0 unspecified atom stereocenters. The Morgan fingerprint density at radius 3 is 1.41 bits per heavy atom. The van der Waals surface area contributed by atoms with Gasteiger partial charge in [-0.25, -0.2) is 58.6 Å². The molecule has 580 valence electrons. The molecule has 15 aromatic rings. The summed E-state index contributed by atoms with van der Waals surface area (Å²) in [6, 6.07) is 30.3. The van der Waals surface area contributed by atoms with Crippen LogP contribution in [0, 0.1) is 27.7 Å². The van der Waals surface area contributed by atoms with Gasteiger partial charge in [-0.15, -0.1) is 0 Å². The Bertz CT molecular complexity index is 5460. The summed E-state index contributed by atoms with van der Waals surface area (Å²) in [5.41, 5.74) is 21.0. The Morgan fingerprint density at radius 2 is 0.919 bits per heavy atom. The van der Waals surface area contributed by atoms with Gasteiger partial charge >= 0.3 is 0 Å². The Morgan fingerprint density at radius 1 is 0.450 bits per heavy atom. The molecule has 0 radical (unpaired) electrons. The molecule has 10 heterocycles. The molecule has 25 nitrogen and oxygen atoms in total. The molecule has 9 aromatic heterocycles. The van der Waals surface area contributed by atoms with Crippen molar-refractivity contribution in [2.75, 3.05) is 13.7 Å². The summed E-state index contributed by atoms with van der Waals surface area (Å²) in [7, 11) is 0.0679. The van der Waals surface area contributed by atoms with Crippen LogP contribution in [0.5, 0.6) is 17.2 Å². The lowest BCUT2D eigenvalue weighted by Crippen LogP contribution is -2.32. The number of nitrogens with zero attached hydrogens (tertiary/aromatic N) is 19. The van der Waals surface area contributed by atoms with E-state index in [0.29, 0.717) is 42.1 Å². The van der Waals surface area contributed by atoms with Crippen molar-refractivity contribution in [2.45, 2.75) is 199 Å². The Hall–Kier alpha value is -11.7. The molecule has 6 aromatic carbocycles. The third-order valence-electron chi connectivity index (χ3n) is 19.0. The standard InChI is InChI=1S/C16H22N2OSi.C15H17N3O.2C14H19N3O.2C13H14N4O/c1-11(2)13-6-7-15(18-8-12(3)17-10-18)16-14(13)9-20(4,5)19-16;1-4-11-7-18(8-16-11)13-6-5-12(10(2)3)14-15(13)19-9-17-14;1-5-14-15-9-17(16-14)12-7-6-11(10(2)3)8-13(12)18-4;1-5-18-14-8-12(10(2)3)6-7-13(14)17-9-15-11(4)16-17;1-8(2)10-4-5-12(13-11(10)6-15-18-13)17-7-14-9(3)16-17;1-8(2)10-4-5-11(13-12(10)15-7-18-13)17-6-14-9(3)16-17/h6-8,10-11H,9H2,1-5H3;5-10H,4H2,1-3H3;2*6-10H,5H2,1-4H3;2*4-8H,1-3H3. The van der Waals surface area contributed by atoms with E-state index in [-0.39, 0.29) is 0 Å². The quantitative estimate of drug-likeness (QED) is 0.0767. The highest BCUT2D eigenvalue weighted by Crippen LogP contribution is 2.43. The minimum Gasteiger partial charge on any atom is -0.542 e. The highest BCUT2D eigenvalue weighted by Gasteiger charge is 2.37. The molecule has 0 N–H and O–H groups in total. The molecule has 0 saturated heterocycles. The van der Waals surface area contributed by atoms with Gasteiger partial charge in [-0.3, -0.25) is 0 Å². The van der Waals surface area contributed by atoms with Crippen LogP contribution >= 0.6 is 0 Å². The van der Waals surface area contributed by atoms with Crippen LogP contribution in [-0.2, 0) is 18.9 Å². The van der Waals surface area contributed by atoms with Crippen LogP contribution in [0.4, 0.5) is 0 Å². The van der Waals surface area contributed by atoms with Crippen LogP contribution in [0.15, 0.2) is 168 Å². The molecule has 0 saturated carbocycles. The number of oxazole rings is 2. The Balaban J connectivity index is 0.000000132. The summed E-state index contributed by atoms with van der Waals surface area (Å²) in [5.74, 6) is 8.59. The first kappa shape index (κ1) is 80.3. The van der Waals surface area contributed by atoms with Gasteiger partial charge in [0.25, 0.3) is 0 Å². The molecular formula is C85H105N19O6Si. The van der Waals surface area contributed by atoms with Crippen LogP contribution in [0.25, 0.3) is 67.3 Å². The van der Waals surface area contributed by atoms with Gasteiger partial charge in [-0.2, -0.15) is 20.4 Å². The van der Waals surface area contributed by atoms with Gasteiger partial charge < -0.3 is 36.4 Å². The lowest BCUT2D eigenvalue weighted by molar-refractivity contribution is 0.338. The molecule has 0 spiro atoms. The molecule has 111 heavy (non-hydrogen) atoms. The first-order valence-corrected chi connectivity index (χ1v) is 41.3. The number of aryl methyl sites for hydroxylation is 6. The lowest BCUT2D eigenvalue weighted by atomic mass is 9.96. The number of hydrogen-bond donors (Lipinski definition) is 0. The smallest absolute Gasteiger partial charge is 0.249 e. The van der Waals surface area contributed by atoms with Gasteiger partial charge in [0.2, 0.25) is 8.32 Å². The largest absolute Gasteiger partial charge is 0.542 e. The highest BCUT2D eigenvalue weighted by molar-refractivity contribution is 6.72. The first-order chi connectivity index (χ1) is 53.2. The minimum atomic E-state index is -1.61. The zero-order valence-electron chi connectivity index (χ0n) is 68.2. The highest BCUT2D eigenvalue weighted by atomic mass is 28.4. The zero-order chi connectivity index (χ0) is 79.5. The monoisotopic (exact) mass is 1520 g/mol. The average Bonchev–Trinajstić information content (AvgIpc) is 1.62. The third-order valence-corrected chi connectivity index (χ3v) is 21.0. The molecule has 0 atom stereocenters. The van der Waals surface area contributed by atoms with Crippen LogP contribution in [0.2, 0.25) is 13.1 Å². The molecule has 1 aliphatic heterocycles. The van der Waals surface area contributed by atoms with E-state index in [9.17, 15) is 0 Å². The fourth-order valence-electron chi connectivity index (χ4n) is 13.1. The Kier molecular flexibility index (Phi) is 25.6. The van der Waals surface area contributed by atoms with Crippen molar-refractivity contribution in [2.24, 2.45) is 0 Å². The summed E-state index contributed by atoms with van der Waals surface area (Å²) in [6.07, 6.45) is 21.1. The van der Waals surface area contributed by atoms with Crippen molar-refractivity contribution in [3.63, 3.8) is 0 Å². The predicted molar refractivity (Wildman–Crippen MR) is 437 cm³/mol. The van der Waals surface area contributed by atoms with Gasteiger partial charge in [-0.05, 0) is 177 Å². The van der Waals surface area contributed by atoms with E-state index in [0.717, 1.165) is 138 Å². The van der Waals surface area contributed by atoms with E-state index in [2.05, 4.69) is 240 Å². The maximum Gasteiger partial charge on any atom is 0.249 e. The number of fused-ring (bicyclic) bond motifs is 4. The minimum absolute atomic E-state index is 0.407. The van der Waals surface area contributed by atoms with Gasteiger partial charge in [0.05, 0.1) is 55.3 Å². The van der Waals surface area contributed by atoms with E-state index in [1.54, 1.807) is 57.3 Å². The maximum absolute atomic E-state index is 6.37. The summed E-state index contributed by atoms with van der Waals surface area (Å²) in [5, 5.41) is 22.3. The number of methoxy groups -OCH3 is 1. The van der Waals surface area contributed by atoms with Crippen LogP contribution in [0.3, 0.4) is 0 Å². The molecular weight excluding hydrogens is 1410 g/mol. The van der Waals surface area contributed by atoms with E-state index >= 15 is 0 Å². The number of hydrogen-bond acceptors (Lipinski definition) is 19. The van der Waals surface area contributed by atoms with Crippen LogP contribution in [0.1, 0.15) is 213 Å². The fourth-order valence-corrected chi connectivity index (χ4v) is 15.1. The SMILES string of the molecule is CCOc1cc(C(C)C)ccc1-n1cnc(C)n1.CCc1cn(-c2ccc(C(C)C)c3ncoc23)cn1.CCc1ncn(-c2ccc(C(C)C)cc2OC)n1.Cc1cn(-c2ccc(C(C)C)c3c2O[Si](C)(C)C3)cn1.Cc1ncn(-c2ccc(C(C)C)c3cnoc23)n1.Cc1ncn(-c2ccc(C(C)C)c3ncoc23)n1. The second-order valence-corrected chi connectivity index (χ2v) is 34.0. The number of rotatable bonds is 17. The lowest BCUT2D eigenvalue weighted by Gasteiger charge is -2.17. The molecule has 26 heteroatoms. The van der Waals surface area contributed by atoms with E-state index < -0.39 is 8.32 Å². The predicted octanol–water partition coefficient (Wildman–Crippen LogP) is 19.4. The molecule has 16 rings (SSSR count). The molecule has 0 bridgehead atoms. The molecule has 0 aliphatic carbocycles. The topological polar surface area (TPSA) is 264 Å². The van der Waals surface area contributed by atoms with E-state index in [1.807, 2.05) is 89.2 Å². The van der Waals surface area contributed by atoms with Crippen molar-refractivity contribution in [3.8, 4) is 51.4 Å². The van der Waals surface area contributed by atoms with Crippen molar-refractivity contribution in [3.05, 3.63) is 228 Å². The number of benzene rings is 6. The van der Waals surface area contributed by atoms with Crippen molar-refractivity contribution < 1.29 is 27.3 Å². The normalized spacial score (nSPS) is 12.2. The summed E-state index contributed by atoms with van der Waals surface area (Å²) >= 11 is 0.